The molecule has 0 saturated heterocycles. The van der Waals surface area contributed by atoms with Gasteiger partial charge in [0, 0.05) is 28.9 Å². The Morgan fingerprint density at radius 1 is 0.815 bits per heavy atom. The quantitative estimate of drug-likeness (QED) is 0.540. The third-order valence-electron chi connectivity index (χ3n) is 4.48. The molecular formula is C21H16F2N2O2. The van der Waals surface area contributed by atoms with Crippen LogP contribution in [0.1, 0.15) is 0 Å². The van der Waals surface area contributed by atoms with Crippen LogP contribution in [0.4, 0.5) is 8.78 Å². The van der Waals surface area contributed by atoms with Crippen LogP contribution < -0.4 is 9.47 Å². The minimum absolute atomic E-state index is 0.575. The Hall–Kier alpha value is -3.41. The van der Waals surface area contributed by atoms with Crippen molar-refractivity contribution in [3.63, 3.8) is 0 Å². The molecule has 27 heavy (non-hydrogen) atoms. The van der Waals surface area contributed by atoms with E-state index < -0.39 is 11.6 Å². The molecule has 0 bridgehead atoms. The van der Waals surface area contributed by atoms with Crippen molar-refractivity contribution < 1.29 is 18.3 Å². The van der Waals surface area contributed by atoms with Gasteiger partial charge in [-0.15, -0.1) is 0 Å². The SMILES string of the molecule is COc1ccc(-c2cnc3[nH]cc(-c4ccc(F)c(F)c4)c3c2)cc1OC. The van der Waals surface area contributed by atoms with Gasteiger partial charge in [-0.3, -0.25) is 0 Å². The Balaban J connectivity index is 1.84. The fraction of sp³-hybridized carbons (Fsp3) is 0.0952. The monoisotopic (exact) mass is 366 g/mol. The number of aromatic nitrogens is 2. The van der Waals surface area contributed by atoms with E-state index in [9.17, 15) is 8.78 Å². The highest BCUT2D eigenvalue weighted by atomic mass is 19.2. The van der Waals surface area contributed by atoms with Crippen molar-refractivity contribution in [1.82, 2.24) is 9.97 Å². The van der Waals surface area contributed by atoms with Crippen LogP contribution in [-0.2, 0) is 0 Å². The Bertz CT molecular complexity index is 1140. The Kier molecular flexibility index (Phi) is 4.24. The zero-order valence-corrected chi connectivity index (χ0v) is 14.7. The minimum atomic E-state index is -0.883. The molecule has 0 amide bonds. The van der Waals surface area contributed by atoms with Gasteiger partial charge in [0.15, 0.2) is 23.1 Å². The van der Waals surface area contributed by atoms with Crippen molar-refractivity contribution >= 4 is 11.0 Å². The largest absolute Gasteiger partial charge is 0.493 e. The number of halogens is 2. The average Bonchev–Trinajstić information content (AvgIpc) is 3.12. The Labute approximate surface area is 154 Å². The summed E-state index contributed by atoms with van der Waals surface area (Å²) in [6.07, 6.45) is 3.48. The minimum Gasteiger partial charge on any atom is -0.493 e. The molecule has 0 spiro atoms. The van der Waals surface area contributed by atoms with Crippen molar-refractivity contribution in [2.75, 3.05) is 14.2 Å². The van der Waals surface area contributed by atoms with E-state index in [1.165, 1.54) is 6.07 Å². The number of hydrogen-bond donors (Lipinski definition) is 1. The zero-order chi connectivity index (χ0) is 19.0. The van der Waals surface area contributed by atoms with Crippen LogP contribution in [0.25, 0.3) is 33.3 Å². The van der Waals surface area contributed by atoms with Crippen molar-refractivity contribution in [3.8, 4) is 33.8 Å². The smallest absolute Gasteiger partial charge is 0.161 e. The van der Waals surface area contributed by atoms with Gasteiger partial charge >= 0.3 is 0 Å². The van der Waals surface area contributed by atoms with E-state index in [1.54, 1.807) is 32.7 Å². The van der Waals surface area contributed by atoms with Gasteiger partial charge in [0.25, 0.3) is 0 Å². The molecule has 0 fully saturated rings. The van der Waals surface area contributed by atoms with Crippen LogP contribution >= 0.6 is 0 Å². The molecule has 0 saturated carbocycles. The summed E-state index contributed by atoms with van der Waals surface area (Å²) >= 11 is 0. The maximum absolute atomic E-state index is 13.6. The predicted octanol–water partition coefficient (Wildman–Crippen LogP) is 5.19. The number of pyridine rings is 1. The summed E-state index contributed by atoms with van der Waals surface area (Å²) in [5, 5.41) is 0.813. The molecule has 0 atom stereocenters. The maximum atomic E-state index is 13.6. The number of methoxy groups -OCH3 is 2. The molecule has 4 aromatic rings. The summed E-state index contributed by atoms with van der Waals surface area (Å²) in [6, 6.07) is 11.4. The molecule has 136 valence electrons. The van der Waals surface area contributed by atoms with Gasteiger partial charge in [0.1, 0.15) is 5.65 Å². The van der Waals surface area contributed by atoms with E-state index in [0.29, 0.717) is 22.7 Å². The molecule has 6 heteroatoms. The van der Waals surface area contributed by atoms with Crippen molar-refractivity contribution in [2.45, 2.75) is 0 Å². The molecule has 1 N–H and O–H groups in total. The van der Waals surface area contributed by atoms with Crippen molar-refractivity contribution in [3.05, 3.63) is 66.5 Å². The Morgan fingerprint density at radius 3 is 2.33 bits per heavy atom. The highest BCUT2D eigenvalue weighted by Crippen LogP contribution is 2.35. The molecular weight excluding hydrogens is 350 g/mol. The molecule has 0 unspecified atom stereocenters. The number of rotatable bonds is 4. The van der Waals surface area contributed by atoms with Gasteiger partial charge in [0.2, 0.25) is 0 Å². The van der Waals surface area contributed by atoms with Crippen LogP contribution in [0, 0.1) is 11.6 Å². The lowest BCUT2D eigenvalue weighted by Crippen LogP contribution is -1.91. The number of aromatic amines is 1. The normalized spacial score (nSPS) is 11.0. The second kappa shape index (κ2) is 6.72. The number of fused-ring (bicyclic) bond motifs is 1. The molecule has 2 aromatic heterocycles. The number of nitrogens with one attached hydrogen (secondary N) is 1. The standard InChI is InChI=1S/C21H16F2N2O2/c1-26-19-6-4-12(9-20(19)27-2)14-7-15-16(11-25-21(15)24-10-14)13-3-5-17(22)18(23)8-13/h3-11H,1-2H3,(H,24,25). The molecule has 0 radical (unpaired) electrons. The second-order valence-corrected chi connectivity index (χ2v) is 6.02. The van der Waals surface area contributed by atoms with Gasteiger partial charge in [0.05, 0.1) is 14.2 Å². The molecule has 0 aliphatic rings. The second-order valence-electron chi connectivity index (χ2n) is 6.02. The summed E-state index contributed by atoms with van der Waals surface area (Å²) < 4.78 is 37.5. The van der Waals surface area contributed by atoms with Gasteiger partial charge in [-0.2, -0.15) is 0 Å². The maximum Gasteiger partial charge on any atom is 0.161 e. The van der Waals surface area contributed by atoms with E-state index in [2.05, 4.69) is 9.97 Å². The van der Waals surface area contributed by atoms with E-state index in [1.807, 2.05) is 24.3 Å². The first kappa shape index (κ1) is 17.0. The average molecular weight is 366 g/mol. The molecule has 2 aromatic carbocycles. The van der Waals surface area contributed by atoms with E-state index in [-0.39, 0.29) is 0 Å². The van der Waals surface area contributed by atoms with E-state index >= 15 is 0 Å². The summed E-state index contributed by atoms with van der Waals surface area (Å²) in [7, 11) is 3.16. The number of H-pyrrole nitrogens is 1. The summed E-state index contributed by atoms with van der Waals surface area (Å²) in [6.45, 7) is 0. The highest BCUT2D eigenvalue weighted by molar-refractivity contribution is 5.95. The number of hydrogen-bond acceptors (Lipinski definition) is 3. The third-order valence-corrected chi connectivity index (χ3v) is 4.48. The lowest BCUT2D eigenvalue weighted by atomic mass is 10.0. The number of ether oxygens (including phenoxy) is 2. The summed E-state index contributed by atoms with van der Waals surface area (Å²) in [4.78, 5) is 7.51. The van der Waals surface area contributed by atoms with Crippen LogP contribution in [-0.4, -0.2) is 24.2 Å². The van der Waals surface area contributed by atoms with Crippen LogP contribution in [0.2, 0.25) is 0 Å². The zero-order valence-electron chi connectivity index (χ0n) is 14.7. The van der Waals surface area contributed by atoms with Gasteiger partial charge in [-0.25, -0.2) is 13.8 Å². The van der Waals surface area contributed by atoms with E-state index in [0.717, 1.165) is 28.1 Å². The lowest BCUT2D eigenvalue weighted by molar-refractivity contribution is 0.355. The third kappa shape index (κ3) is 2.99. The lowest BCUT2D eigenvalue weighted by Gasteiger charge is -2.10. The topological polar surface area (TPSA) is 47.1 Å². The van der Waals surface area contributed by atoms with Crippen molar-refractivity contribution in [1.29, 1.82) is 0 Å². The first-order valence-corrected chi connectivity index (χ1v) is 8.25. The molecule has 4 rings (SSSR count). The first-order chi connectivity index (χ1) is 13.1. The van der Waals surface area contributed by atoms with Gasteiger partial charge in [-0.05, 0) is 41.5 Å². The highest BCUT2D eigenvalue weighted by Gasteiger charge is 2.12. The van der Waals surface area contributed by atoms with Gasteiger partial charge < -0.3 is 14.5 Å². The molecule has 0 aliphatic heterocycles. The predicted molar refractivity (Wildman–Crippen MR) is 100.0 cm³/mol. The summed E-state index contributed by atoms with van der Waals surface area (Å²) in [5.74, 6) is -0.502. The first-order valence-electron chi connectivity index (χ1n) is 8.25. The molecule has 4 nitrogen and oxygen atoms in total. The molecule has 2 heterocycles. The van der Waals surface area contributed by atoms with Crippen molar-refractivity contribution in [2.24, 2.45) is 0 Å². The number of nitrogens with zero attached hydrogens (tertiary/aromatic N) is 1. The molecule has 0 aliphatic carbocycles. The summed E-state index contributed by atoms with van der Waals surface area (Å²) in [5.41, 5.74) is 3.76. The van der Waals surface area contributed by atoms with Crippen LogP contribution in [0.15, 0.2) is 54.9 Å². The fourth-order valence-electron chi connectivity index (χ4n) is 3.08. The van der Waals surface area contributed by atoms with Crippen LogP contribution in [0.3, 0.4) is 0 Å². The van der Waals surface area contributed by atoms with E-state index in [4.69, 9.17) is 9.47 Å². The fourth-order valence-corrected chi connectivity index (χ4v) is 3.08. The van der Waals surface area contributed by atoms with Crippen LogP contribution in [0.5, 0.6) is 11.5 Å². The number of benzene rings is 2. The Morgan fingerprint density at radius 2 is 1.59 bits per heavy atom. The van der Waals surface area contributed by atoms with Gasteiger partial charge in [-0.1, -0.05) is 12.1 Å².